The summed E-state index contributed by atoms with van der Waals surface area (Å²) in [6, 6.07) is 15.6. The Bertz CT molecular complexity index is 760. The number of esters is 1. The van der Waals surface area contributed by atoms with Crippen LogP contribution in [0.5, 0.6) is 0 Å². The molecule has 0 bridgehead atoms. The molecule has 0 saturated carbocycles. The Kier molecular flexibility index (Phi) is 6.70. The van der Waals surface area contributed by atoms with Crippen molar-refractivity contribution in [2.75, 3.05) is 17.2 Å². The lowest BCUT2D eigenvalue weighted by Gasteiger charge is -2.15. The van der Waals surface area contributed by atoms with Crippen LogP contribution in [0.1, 0.15) is 6.92 Å². The highest BCUT2D eigenvalue weighted by atomic mass is 35.5. The smallest absolute Gasteiger partial charge is 0.352 e. The van der Waals surface area contributed by atoms with Crippen LogP contribution < -0.4 is 10.6 Å². The maximum absolute atomic E-state index is 12.1. The number of nitriles is 1. The van der Waals surface area contributed by atoms with Crippen LogP contribution in [0.15, 0.2) is 59.9 Å². The van der Waals surface area contributed by atoms with Crippen LogP contribution in [0, 0.1) is 11.3 Å². The predicted molar refractivity (Wildman–Crippen MR) is 99.4 cm³/mol. The van der Waals surface area contributed by atoms with Gasteiger partial charge in [-0.15, -0.1) is 0 Å². The number of nitrogens with one attached hydrogen (secondary N) is 2. The van der Waals surface area contributed by atoms with E-state index in [1.807, 2.05) is 6.07 Å². The Balaban J connectivity index is 2.38. The summed E-state index contributed by atoms with van der Waals surface area (Å²) in [6.45, 7) is 1.84. The van der Waals surface area contributed by atoms with E-state index in [1.54, 1.807) is 55.5 Å². The molecule has 2 N–H and O–H groups in total. The van der Waals surface area contributed by atoms with Gasteiger partial charge in [-0.25, -0.2) is 4.79 Å². The monoisotopic (exact) mass is 375 g/mol. The minimum absolute atomic E-state index is 0.166. The van der Waals surface area contributed by atoms with Gasteiger partial charge < -0.3 is 15.4 Å². The van der Waals surface area contributed by atoms with Crippen molar-refractivity contribution in [3.8, 4) is 6.07 Å². The van der Waals surface area contributed by atoms with Crippen molar-refractivity contribution in [1.82, 2.24) is 0 Å². The average molecular weight is 376 g/mol. The zero-order valence-electron chi connectivity index (χ0n) is 13.3. The molecule has 0 aromatic heterocycles. The second kappa shape index (κ2) is 8.97. The molecule has 0 amide bonds. The van der Waals surface area contributed by atoms with Crippen molar-refractivity contribution < 1.29 is 9.53 Å². The Hall–Kier alpha value is -2.68. The van der Waals surface area contributed by atoms with Crippen LogP contribution in [0.4, 0.5) is 11.4 Å². The Morgan fingerprint density at radius 3 is 1.80 bits per heavy atom. The molecule has 0 atom stereocenters. The summed E-state index contributed by atoms with van der Waals surface area (Å²) >= 11 is 11.8. The second-order valence-electron chi connectivity index (χ2n) is 4.85. The highest BCUT2D eigenvalue weighted by molar-refractivity contribution is 6.30. The first-order chi connectivity index (χ1) is 12.0. The largest absolute Gasteiger partial charge is 0.462 e. The molecule has 0 aliphatic heterocycles. The standard InChI is InChI=1S/C18H15Cl2N3O2/c1-2-25-18(24)16(11-21)17(22-14-7-3-12(19)4-8-14)23-15-9-5-13(20)6-10-15/h3-10,22-23H,2H2,1H3. The van der Waals surface area contributed by atoms with Crippen LogP contribution in [-0.4, -0.2) is 12.6 Å². The average Bonchev–Trinajstić information content (AvgIpc) is 2.59. The van der Waals surface area contributed by atoms with Crippen molar-refractivity contribution in [2.45, 2.75) is 6.92 Å². The number of rotatable bonds is 6. The number of nitrogens with zero attached hydrogens (tertiary/aromatic N) is 1. The fourth-order valence-corrected chi connectivity index (χ4v) is 2.17. The summed E-state index contributed by atoms with van der Waals surface area (Å²) in [5.41, 5.74) is 1.13. The number of carbonyl (C=O) groups excluding carboxylic acids is 1. The van der Waals surface area contributed by atoms with E-state index >= 15 is 0 Å². The summed E-state index contributed by atoms with van der Waals surface area (Å²) in [4.78, 5) is 12.1. The summed E-state index contributed by atoms with van der Waals surface area (Å²) in [7, 11) is 0. The van der Waals surface area contributed by atoms with Crippen LogP contribution in [0.25, 0.3) is 0 Å². The molecule has 0 saturated heterocycles. The van der Waals surface area contributed by atoms with Gasteiger partial charge in [0.15, 0.2) is 5.57 Å². The van der Waals surface area contributed by atoms with Crippen LogP contribution in [0.2, 0.25) is 10.0 Å². The topological polar surface area (TPSA) is 74.2 Å². The highest BCUT2D eigenvalue weighted by Gasteiger charge is 2.17. The molecule has 0 fully saturated rings. The predicted octanol–water partition coefficient (Wildman–Crippen LogP) is 4.82. The first-order valence-electron chi connectivity index (χ1n) is 7.40. The lowest BCUT2D eigenvalue weighted by Crippen LogP contribution is -2.18. The fourth-order valence-electron chi connectivity index (χ4n) is 1.92. The molecule has 7 heteroatoms. The molecule has 25 heavy (non-hydrogen) atoms. The zero-order chi connectivity index (χ0) is 18.2. The molecule has 0 radical (unpaired) electrons. The van der Waals surface area contributed by atoms with Gasteiger partial charge in [0.25, 0.3) is 0 Å². The van der Waals surface area contributed by atoms with Crippen LogP contribution in [0.3, 0.4) is 0 Å². The maximum Gasteiger partial charge on any atom is 0.352 e. The van der Waals surface area contributed by atoms with Crippen molar-refractivity contribution in [2.24, 2.45) is 0 Å². The SMILES string of the molecule is CCOC(=O)C(C#N)=C(Nc1ccc(Cl)cc1)Nc1ccc(Cl)cc1. The van der Waals surface area contributed by atoms with Crippen molar-refractivity contribution in [3.05, 3.63) is 70.0 Å². The molecule has 2 aromatic rings. The first kappa shape index (κ1) is 18.7. The molecule has 128 valence electrons. The van der Waals surface area contributed by atoms with E-state index in [4.69, 9.17) is 27.9 Å². The molecule has 2 aromatic carbocycles. The van der Waals surface area contributed by atoms with Gasteiger partial charge in [0.05, 0.1) is 6.61 Å². The molecule has 5 nitrogen and oxygen atoms in total. The minimum atomic E-state index is -0.720. The Labute approximate surface area is 155 Å². The number of hydrogen-bond donors (Lipinski definition) is 2. The highest BCUT2D eigenvalue weighted by Crippen LogP contribution is 2.20. The normalized spacial score (nSPS) is 9.68. The number of ether oxygens (including phenoxy) is 1. The van der Waals surface area contributed by atoms with Crippen molar-refractivity contribution in [1.29, 1.82) is 5.26 Å². The number of hydrogen-bond acceptors (Lipinski definition) is 5. The van der Waals surface area contributed by atoms with Gasteiger partial charge in [-0.2, -0.15) is 5.26 Å². The number of anilines is 2. The van der Waals surface area contributed by atoms with Crippen LogP contribution >= 0.6 is 23.2 Å². The third-order valence-electron chi connectivity index (χ3n) is 3.07. The van der Waals surface area contributed by atoms with Gasteiger partial charge in [0.2, 0.25) is 0 Å². The van der Waals surface area contributed by atoms with E-state index in [0.717, 1.165) is 0 Å². The lowest BCUT2D eigenvalue weighted by molar-refractivity contribution is -0.138. The molecule has 0 aliphatic carbocycles. The Morgan fingerprint density at radius 1 is 1.00 bits per heavy atom. The molecule has 0 spiro atoms. The third kappa shape index (κ3) is 5.42. The first-order valence-corrected chi connectivity index (χ1v) is 8.15. The van der Waals surface area contributed by atoms with Crippen molar-refractivity contribution >= 4 is 40.5 Å². The van der Waals surface area contributed by atoms with Gasteiger partial charge in [0.1, 0.15) is 11.9 Å². The molecular formula is C18H15Cl2N3O2. The Morgan fingerprint density at radius 2 is 1.44 bits per heavy atom. The van der Waals surface area contributed by atoms with Gasteiger partial charge in [-0.05, 0) is 55.5 Å². The number of halogens is 2. The van der Waals surface area contributed by atoms with E-state index in [9.17, 15) is 10.1 Å². The molecule has 2 rings (SSSR count). The summed E-state index contributed by atoms with van der Waals surface area (Å²) in [6.07, 6.45) is 0. The van der Waals surface area contributed by atoms with Gasteiger partial charge in [0, 0.05) is 21.4 Å². The summed E-state index contributed by atoms with van der Waals surface area (Å²) in [5.74, 6) is -0.520. The quantitative estimate of drug-likeness (QED) is 0.430. The molecular weight excluding hydrogens is 361 g/mol. The van der Waals surface area contributed by atoms with Crippen molar-refractivity contribution in [3.63, 3.8) is 0 Å². The minimum Gasteiger partial charge on any atom is -0.462 e. The van der Waals surface area contributed by atoms with Gasteiger partial charge >= 0.3 is 5.97 Å². The van der Waals surface area contributed by atoms with E-state index in [-0.39, 0.29) is 18.0 Å². The van der Waals surface area contributed by atoms with E-state index in [2.05, 4.69) is 10.6 Å². The molecule has 0 unspecified atom stereocenters. The van der Waals surface area contributed by atoms with Crippen LogP contribution in [-0.2, 0) is 9.53 Å². The fraction of sp³-hybridized carbons (Fsp3) is 0.111. The number of benzene rings is 2. The van der Waals surface area contributed by atoms with Gasteiger partial charge in [-0.1, -0.05) is 23.2 Å². The summed E-state index contributed by atoms with van der Waals surface area (Å²) < 4.78 is 4.95. The molecule has 0 heterocycles. The summed E-state index contributed by atoms with van der Waals surface area (Å²) in [5, 5.41) is 16.6. The zero-order valence-corrected chi connectivity index (χ0v) is 14.9. The second-order valence-corrected chi connectivity index (χ2v) is 5.72. The van der Waals surface area contributed by atoms with E-state index in [0.29, 0.717) is 21.4 Å². The molecule has 0 aliphatic rings. The maximum atomic E-state index is 12.1. The number of carbonyl (C=O) groups is 1. The lowest BCUT2D eigenvalue weighted by atomic mass is 10.2. The third-order valence-corrected chi connectivity index (χ3v) is 3.57. The van der Waals surface area contributed by atoms with E-state index in [1.165, 1.54) is 0 Å². The van der Waals surface area contributed by atoms with E-state index < -0.39 is 5.97 Å². The van der Waals surface area contributed by atoms with Gasteiger partial charge in [-0.3, -0.25) is 0 Å².